The third-order valence-corrected chi connectivity index (χ3v) is 5.60. The molecule has 0 aliphatic heterocycles. The van der Waals surface area contributed by atoms with Crippen LogP contribution in [0.3, 0.4) is 0 Å². The molecule has 2 aromatic heterocycles. The average Bonchev–Trinajstić information content (AvgIpc) is 2.65. The maximum atomic E-state index is 12.7. The first kappa shape index (κ1) is 20.3. The number of hydrogen-bond acceptors (Lipinski definition) is 4. The third-order valence-electron chi connectivity index (χ3n) is 3.78. The average molecular weight is 435 g/mol. The molecule has 3 aromatic rings. The van der Waals surface area contributed by atoms with Crippen LogP contribution in [0, 0.1) is 6.92 Å². The van der Waals surface area contributed by atoms with Gasteiger partial charge in [0.05, 0.1) is 21.3 Å². The molecule has 2 N–H and O–H groups in total. The summed E-state index contributed by atoms with van der Waals surface area (Å²) in [5.41, 5.74) is 2.84. The number of aromatic nitrogens is 2. The topological polar surface area (TPSA) is 84.0 Å². The SMILES string of the molecule is CC(=O)Nc1cc(-c2cnc(C)c(NS(=O)c3cc(Cl)ccc3Cl)c2)ccn1. The van der Waals surface area contributed by atoms with Crippen LogP contribution < -0.4 is 10.0 Å². The van der Waals surface area contributed by atoms with Crippen LogP contribution >= 0.6 is 23.2 Å². The van der Waals surface area contributed by atoms with E-state index in [1.807, 2.05) is 6.07 Å². The second-order valence-corrected chi connectivity index (χ2v) is 7.94. The zero-order chi connectivity index (χ0) is 20.3. The van der Waals surface area contributed by atoms with Gasteiger partial charge >= 0.3 is 0 Å². The van der Waals surface area contributed by atoms with Crippen molar-refractivity contribution in [2.75, 3.05) is 10.0 Å². The van der Waals surface area contributed by atoms with Crippen LogP contribution in [0.25, 0.3) is 11.1 Å². The molecular formula is C19H16Cl2N4O2S. The molecule has 28 heavy (non-hydrogen) atoms. The molecule has 144 valence electrons. The van der Waals surface area contributed by atoms with Crippen molar-refractivity contribution in [2.45, 2.75) is 18.7 Å². The van der Waals surface area contributed by atoms with Gasteiger partial charge in [-0.05, 0) is 48.9 Å². The predicted octanol–water partition coefficient (Wildman–Crippen LogP) is 4.85. The molecule has 1 aromatic carbocycles. The Balaban J connectivity index is 1.91. The molecule has 0 saturated carbocycles. The van der Waals surface area contributed by atoms with Crippen molar-refractivity contribution >= 4 is 51.6 Å². The molecule has 0 radical (unpaired) electrons. The number of carbonyl (C=O) groups is 1. The Morgan fingerprint density at radius 3 is 2.61 bits per heavy atom. The van der Waals surface area contributed by atoms with Gasteiger partial charge in [0, 0.05) is 29.9 Å². The van der Waals surface area contributed by atoms with Crippen molar-refractivity contribution < 1.29 is 9.00 Å². The number of aryl methyl sites for hydroxylation is 1. The number of anilines is 2. The Morgan fingerprint density at radius 2 is 1.86 bits per heavy atom. The third kappa shape index (κ3) is 4.86. The summed E-state index contributed by atoms with van der Waals surface area (Å²) >= 11 is 12.1. The Labute approximate surface area is 174 Å². The van der Waals surface area contributed by atoms with Gasteiger partial charge in [-0.25, -0.2) is 9.19 Å². The van der Waals surface area contributed by atoms with Crippen molar-refractivity contribution in [3.05, 3.63) is 64.5 Å². The van der Waals surface area contributed by atoms with Gasteiger partial charge in [-0.1, -0.05) is 23.2 Å². The molecule has 1 unspecified atom stereocenters. The number of hydrogen-bond donors (Lipinski definition) is 2. The maximum absolute atomic E-state index is 12.7. The van der Waals surface area contributed by atoms with Crippen molar-refractivity contribution in [2.24, 2.45) is 0 Å². The number of carbonyl (C=O) groups excluding carboxylic acids is 1. The molecule has 9 heteroatoms. The minimum atomic E-state index is -1.62. The highest BCUT2D eigenvalue weighted by molar-refractivity contribution is 7.86. The fourth-order valence-corrected chi connectivity index (χ4v) is 3.99. The molecular weight excluding hydrogens is 419 g/mol. The summed E-state index contributed by atoms with van der Waals surface area (Å²) in [4.78, 5) is 20.1. The van der Waals surface area contributed by atoms with Crippen LogP contribution in [0.15, 0.2) is 53.7 Å². The van der Waals surface area contributed by atoms with Crippen LogP contribution in [0.1, 0.15) is 12.6 Å². The minimum absolute atomic E-state index is 0.206. The Hall–Kier alpha value is -2.48. The number of halogens is 2. The summed E-state index contributed by atoms with van der Waals surface area (Å²) in [5, 5.41) is 3.44. The van der Waals surface area contributed by atoms with Crippen LogP contribution in [0.5, 0.6) is 0 Å². The summed E-state index contributed by atoms with van der Waals surface area (Å²) in [6.07, 6.45) is 3.29. The predicted molar refractivity (Wildman–Crippen MR) is 113 cm³/mol. The summed E-state index contributed by atoms with van der Waals surface area (Å²) in [6.45, 7) is 3.22. The lowest BCUT2D eigenvalue weighted by Gasteiger charge is -2.12. The zero-order valence-electron chi connectivity index (χ0n) is 15.0. The highest BCUT2D eigenvalue weighted by atomic mass is 35.5. The zero-order valence-corrected chi connectivity index (χ0v) is 17.3. The summed E-state index contributed by atoms with van der Waals surface area (Å²) < 4.78 is 15.7. The van der Waals surface area contributed by atoms with E-state index in [0.29, 0.717) is 32.1 Å². The van der Waals surface area contributed by atoms with E-state index in [4.69, 9.17) is 23.2 Å². The van der Waals surface area contributed by atoms with Crippen molar-refractivity contribution in [1.82, 2.24) is 9.97 Å². The lowest BCUT2D eigenvalue weighted by atomic mass is 10.1. The van der Waals surface area contributed by atoms with E-state index < -0.39 is 11.0 Å². The van der Waals surface area contributed by atoms with E-state index in [-0.39, 0.29) is 5.91 Å². The first-order valence-corrected chi connectivity index (χ1v) is 10.1. The molecule has 1 atom stereocenters. The molecule has 6 nitrogen and oxygen atoms in total. The van der Waals surface area contributed by atoms with Gasteiger partial charge in [-0.15, -0.1) is 0 Å². The monoisotopic (exact) mass is 434 g/mol. The van der Waals surface area contributed by atoms with Gasteiger partial charge in [-0.3, -0.25) is 14.5 Å². The van der Waals surface area contributed by atoms with Gasteiger partial charge < -0.3 is 5.32 Å². The smallest absolute Gasteiger partial charge is 0.222 e. The van der Waals surface area contributed by atoms with Crippen molar-refractivity contribution in [3.8, 4) is 11.1 Å². The Kier molecular flexibility index (Phi) is 6.28. The Morgan fingerprint density at radius 1 is 1.07 bits per heavy atom. The number of benzene rings is 1. The number of nitrogens with zero attached hydrogens (tertiary/aromatic N) is 2. The molecule has 0 aliphatic rings. The first-order valence-electron chi connectivity index (χ1n) is 8.17. The number of pyridine rings is 2. The lowest BCUT2D eigenvalue weighted by molar-refractivity contribution is -0.114. The van der Waals surface area contributed by atoms with Crippen molar-refractivity contribution in [3.63, 3.8) is 0 Å². The normalized spacial score (nSPS) is 11.7. The van der Waals surface area contributed by atoms with Gasteiger partial charge in [0.25, 0.3) is 0 Å². The van der Waals surface area contributed by atoms with Crippen LogP contribution in [-0.2, 0) is 15.8 Å². The van der Waals surface area contributed by atoms with E-state index in [1.165, 1.54) is 6.92 Å². The molecule has 2 heterocycles. The minimum Gasteiger partial charge on any atom is -0.311 e. The molecule has 1 amide bonds. The summed E-state index contributed by atoms with van der Waals surface area (Å²) in [6, 6.07) is 10.2. The lowest BCUT2D eigenvalue weighted by Crippen LogP contribution is -2.08. The molecule has 0 saturated heterocycles. The standard InChI is InChI=1S/C19H16Cl2N4O2S/c1-11-17(25-28(27)18-9-15(20)3-4-16(18)21)7-14(10-23-11)13-5-6-22-19(8-13)24-12(2)26/h3-10,25H,1-2H3,(H,22,24,26). The van der Waals surface area contributed by atoms with E-state index >= 15 is 0 Å². The van der Waals surface area contributed by atoms with Gasteiger partial charge in [-0.2, -0.15) is 0 Å². The first-order chi connectivity index (χ1) is 13.3. The number of nitrogens with one attached hydrogen (secondary N) is 2. The van der Waals surface area contributed by atoms with Gasteiger partial charge in [0.2, 0.25) is 5.91 Å². The fraction of sp³-hybridized carbons (Fsp3) is 0.105. The molecule has 0 aliphatic carbocycles. The summed E-state index contributed by atoms with van der Waals surface area (Å²) in [7, 11) is -1.62. The molecule has 0 spiro atoms. The van der Waals surface area contributed by atoms with E-state index in [0.717, 1.165) is 11.1 Å². The van der Waals surface area contributed by atoms with E-state index in [2.05, 4.69) is 20.0 Å². The second kappa shape index (κ2) is 8.68. The molecule has 0 bridgehead atoms. The van der Waals surface area contributed by atoms with E-state index in [9.17, 15) is 9.00 Å². The largest absolute Gasteiger partial charge is 0.311 e. The van der Waals surface area contributed by atoms with Crippen LogP contribution in [0.2, 0.25) is 10.0 Å². The quantitative estimate of drug-likeness (QED) is 0.600. The number of rotatable bonds is 5. The Bertz CT molecular complexity index is 1080. The number of amides is 1. The highest BCUT2D eigenvalue weighted by Gasteiger charge is 2.13. The van der Waals surface area contributed by atoms with Crippen molar-refractivity contribution in [1.29, 1.82) is 0 Å². The fourth-order valence-electron chi connectivity index (χ4n) is 2.43. The summed E-state index contributed by atoms with van der Waals surface area (Å²) in [5.74, 6) is 0.234. The van der Waals surface area contributed by atoms with Gasteiger partial charge in [0.1, 0.15) is 5.82 Å². The second-order valence-electron chi connectivity index (χ2n) is 5.91. The highest BCUT2D eigenvalue weighted by Crippen LogP contribution is 2.28. The molecule has 0 fully saturated rings. The van der Waals surface area contributed by atoms with Crippen LogP contribution in [0.4, 0.5) is 11.5 Å². The van der Waals surface area contributed by atoms with E-state index in [1.54, 1.807) is 49.6 Å². The van der Waals surface area contributed by atoms with Gasteiger partial charge in [0.15, 0.2) is 11.0 Å². The maximum Gasteiger partial charge on any atom is 0.222 e. The van der Waals surface area contributed by atoms with Crippen LogP contribution in [-0.4, -0.2) is 20.1 Å². The molecule has 3 rings (SSSR count).